The van der Waals surface area contributed by atoms with Crippen molar-refractivity contribution in [2.45, 2.75) is 107 Å². The van der Waals surface area contributed by atoms with Crippen LogP contribution in [0.15, 0.2) is 54.6 Å². The van der Waals surface area contributed by atoms with Gasteiger partial charge >= 0.3 is 5.97 Å². The van der Waals surface area contributed by atoms with Gasteiger partial charge in [0, 0.05) is 26.1 Å². The van der Waals surface area contributed by atoms with E-state index < -0.39 is 53.7 Å². The van der Waals surface area contributed by atoms with Crippen LogP contribution in [0.1, 0.15) is 76.9 Å². The van der Waals surface area contributed by atoms with Gasteiger partial charge in [0.25, 0.3) is 0 Å². The summed E-state index contributed by atoms with van der Waals surface area (Å²) in [5, 5.41) is 13.7. The van der Waals surface area contributed by atoms with E-state index in [1.165, 1.54) is 7.11 Å². The van der Waals surface area contributed by atoms with Gasteiger partial charge in [0.15, 0.2) is 0 Å². The zero-order valence-electron chi connectivity index (χ0n) is 28.9. The largest absolute Gasteiger partial charge is 0.455 e. The highest BCUT2D eigenvalue weighted by molar-refractivity contribution is 5.99. The summed E-state index contributed by atoms with van der Waals surface area (Å²) in [6.45, 7) is 4.11. The van der Waals surface area contributed by atoms with E-state index in [9.17, 15) is 19.5 Å². The normalized spacial score (nSPS) is 33.9. The Morgan fingerprint density at radius 3 is 2.49 bits per heavy atom. The van der Waals surface area contributed by atoms with Gasteiger partial charge in [-0.3, -0.25) is 19.2 Å². The van der Waals surface area contributed by atoms with Crippen LogP contribution >= 0.6 is 0 Å². The van der Waals surface area contributed by atoms with Crippen molar-refractivity contribution in [1.29, 1.82) is 0 Å². The van der Waals surface area contributed by atoms with Crippen LogP contribution in [-0.4, -0.2) is 101 Å². The summed E-state index contributed by atoms with van der Waals surface area (Å²) >= 11 is 0. The molecule has 5 bridgehead atoms. The zero-order valence-corrected chi connectivity index (χ0v) is 28.9. The van der Waals surface area contributed by atoms with Crippen LogP contribution in [0, 0.1) is 17.8 Å². The van der Waals surface area contributed by atoms with Crippen molar-refractivity contribution in [3.8, 4) is 0 Å². The lowest BCUT2D eigenvalue weighted by Crippen LogP contribution is -2.60. The van der Waals surface area contributed by atoms with Gasteiger partial charge in [-0.1, -0.05) is 87.7 Å². The number of likely N-dealkylation sites (tertiary alicyclic amines) is 1. The maximum atomic E-state index is 15.1. The summed E-state index contributed by atoms with van der Waals surface area (Å²) < 4.78 is 18.5. The third-order valence-corrected chi connectivity index (χ3v) is 10.9. The predicted octanol–water partition coefficient (Wildman–Crippen LogP) is 3.47. The van der Waals surface area contributed by atoms with Crippen LogP contribution in [0.3, 0.4) is 0 Å². The molecule has 0 unspecified atom stereocenters. The molecular weight excluding hydrogens is 626 g/mol. The second kappa shape index (κ2) is 15.1. The summed E-state index contributed by atoms with van der Waals surface area (Å²) in [4.78, 5) is 60.9. The number of fused-ring (bicyclic) bond motifs is 2. The Bertz CT molecular complexity index is 1420. The number of nitrogens with zero attached hydrogens (tertiary/aromatic N) is 2. The molecule has 2 N–H and O–H groups in total. The van der Waals surface area contributed by atoms with Crippen molar-refractivity contribution < 1.29 is 38.5 Å². The second-order valence-electron chi connectivity index (χ2n) is 14.6. The van der Waals surface area contributed by atoms with E-state index in [4.69, 9.17) is 14.2 Å². The van der Waals surface area contributed by atoms with Gasteiger partial charge in [-0.2, -0.15) is 0 Å². The first-order valence-electron chi connectivity index (χ1n) is 18.0. The van der Waals surface area contributed by atoms with Crippen molar-refractivity contribution >= 4 is 23.7 Å². The smallest absolute Gasteiger partial charge is 0.313 e. The Labute approximate surface area is 289 Å². The Morgan fingerprint density at radius 2 is 1.80 bits per heavy atom. The van der Waals surface area contributed by atoms with Gasteiger partial charge in [0.05, 0.1) is 37.3 Å². The number of allylic oxidation sites excluding steroid dienone is 1. The summed E-state index contributed by atoms with van der Waals surface area (Å²) in [6.07, 6.45) is 11.7. The highest BCUT2D eigenvalue weighted by Gasteiger charge is 2.74. The van der Waals surface area contributed by atoms with E-state index in [-0.39, 0.29) is 49.3 Å². The Kier molecular flexibility index (Phi) is 10.9. The minimum atomic E-state index is -1.39. The molecule has 1 saturated carbocycles. The maximum absolute atomic E-state index is 15.1. The van der Waals surface area contributed by atoms with E-state index in [0.717, 1.165) is 32.1 Å². The first-order chi connectivity index (χ1) is 23.7. The molecule has 1 spiro atoms. The van der Waals surface area contributed by atoms with Crippen LogP contribution < -0.4 is 5.32 Å². The summed E-state index contributed by atoms with van der Waals surface area (Å²) in [5.41, 5.74) is -0.724. The molecule has 0 radical (unpaired) electrons. The molecule has 11 heteroatoms. The number of cyclic esters (lactones) is 1. The minimum absolute atomic E-state index is 0.0221. The van der Waals surface area contributed by atoms with Crippen molar-refractivity contribution in [2.75, 3.05) is 26.9 Å². The molecule has 8 atom stereocenters. The molecule has 3 amide bonds. The summed E-state index contributed by atoms with van der Waals surface area (Å²) in [7, 11) is 1.52. The van der Waals surface area contributed by atoms with Gasteiger partial charge in [-0.25, -0.2) is 0 Å². The summed E-state index contributed by atoms with van der Waals surface area (Å²) in [5.74, 6) is -3.40. The number of benzene rings is 1. The van der Waals surface area contributed by atoms with Crippen molar-refractivity contribution in [2.24, 2.45) is 17.8 Å². The fourth-order valence-corrected chi connectivity index (χ4v) is 8.75. The third kappa shape index (κ3) is 6.81. The molecule has 266 valence electrons. The number of esters is 1. The van der Waals surface area contributed by atoms with Gasteiger partial charge in [0.2, 0.25) is 17.7 Å². The number of aliphatic hydroxyl groups excluding tert-OH is 1. The van der Waals surface area contributed by atoms with Crippen LogP contribution in [-0.2, 0) is 33.4 Å². The molecule has 2 saturated heterocycles. The molecular formula is C38H51N3O8. The first-order valence-corrected chi connectivity index (χ1v) is 18.0. The lowest BCUT2D eigenvalue weighted by atomic mass is 9.74. The van der Waals surface area contributed by atoms with Crippen LogP contribution in [0.4, 0.5) is 0 Å². The molecule has 1 aromatic carbocycles. The molecule has 1 aliphatic carbocycles. The number of methoxy groups -OCH3 is 1. The van der Waals surface area contributed by atoms with E-state index in [1.807, 2.05) is 67.3 Å². The second-order valence-corrected chi connectivity index (χ2v) is 14.6. The fraction of sp³-hybridized carbons (Fsp3) is 0.632. The highest BCUT2D eigenvalue weighted by atomic mass is 16.6. The lowest BCUT2D eigenvalue weighted by molar-refractivity contribution is -0.163. The monoisotopic (exact) mass is 677 g/mol. The molecule has 4 aliphatic heterocycles. The molecule has 49 heavy (non-hydrogen) atoms. The Morgan fingerprint density at radius 1 is 1.04 bits per heavy atom. The molecule has 4 heterocycles. The molecule has 1 aromatic rings. The number of amides is 3. The van der Waals surface area contributed by atoms with Gasteiger partial charge in [-0.05, 0) is 37.2 Å². The molecule has 11 nitrogen and oxygen atoms in total. The molecule has 0 aromatic heterocycles. The van der Waals surface area contributed by atoms with Gasteiger partial charge in [-0.15, -0.1) is 0 Å². The first kappa shape index (κ1) is 35.3. The van der Waals surface area contributed by atoms with Crippen molar-refractivity contribution in [1.82, 2.24) is 15.1 Å². The standard InChI is InChI=1S/C38H51N3O8/c1-24(2)21-27(22-42)41-34-36(45)40(26-15-9-5-10-16-26)20-12-6-11-17-30(43)39-28(23-47-3)33(25-13-7-4-8-14-25)48-37(46)31-29-18-19-38(34,49-29)32(31)35(41)44/h4,6-8,12-14,18-19,24,26-29,31-34,42H,5,9-11,15-17,20-23H2,1-3H3,(H,39,43)/b12-6-/t27-,28+,29-,31+,32+,33+,34-,38+/m1/s1. The molecule has 5 aliphatic rings. The number of rotatable bonds is 8. The average Bonchev–Trinajstić information content (AvgIpc) is 3.75. The average molecular weight is 678 g/mol. The minimum Gasteiger partial charge on any atom is -0.455 e. The Balaban J connectivity index is 1.46. The number of carbonyl (C=O) groups excluding carboxylic acids is 4. The maximum Gasteiger partial charge on any atom is 0.313 e. The molecule has 6 rings (SSSR count). The highest BCUT2D eigenvalue weighted by Crippen LogP contribution is 2.56. The van der Waals surface area contributed by atoms with E-state index >= 15 is 4.79 Å². The van der Waals surface area contributed by atoms with E-state index in [1.54, 1.807) is 11.0 Å². The third-order valence-electron chi connectivity index (χ3n) is 10.9. The number of hydrogen-bond donors (Lipinski definition) is 2. The number of nitrogens with one attached hydrogen (secondary N) is 1. The van der Waals surface area contributed by atoms with Gasteiger partial charge in [0.1, 0.15) is 23.7 Å². The Hall–Kier alpha value is -3.54. The molecule has 3 fully saturated rings. The quantitative estimate of drug-likeness (QED) is 0.316. The number of hydrogen-bond acceptors (Lipinski definition) is 8. The van der Waals surface area contributed by atoms with E-state index in [0.29, 0.717) is 24.9 Å². The van der Waals surface area contributed by atoms with Gasteiger partial charge < -0.3 is 34.4 Å². The van der Waals surface area contributed by atoms with Crippen LogP contribution in [0.25, 0.3) is 0 Å². The topological polar surface area (TPSA) is 135 Å². The van der Waals surface area contributed by atoms with E-state index in [2.05, 4.69) is 5.32 Å². The van der Waals surface area contributed by atoms with Crippen molar-refractivity contribution in [3.63, 3.8) is 0 Å². The number of aliphatic hydroxyl groups is 1. The number of carbonyl (C=O) groups is 4. The lowest BCUT2D eigenvalue weighted by Gasteiger charge is -2.42. The predicted molar refractivity (Wildman–Crippen MR) is 181 cm³/mol. The summed E-state index contributed by atoms with van der Waals surface area (Å²) in [6, 6.07) is 6.75. The SMILES string of the molecule is COC[C@@H]1NC(=O)CC/C=C\CN(C2CCCCC2)C(=O)[C@H]2N([C@@H](CO)CC(C)C)C(=O)[C@@H]3[C@@H](C(=O)O[C@H]1c1ccccc1)[C@H]1C=C[C@]32O1. The van der Waals surface area contributed by atoms with Crippen LogP contribution in [0.5, 0.6) is 0 Å². The zero-order chi connectivity index (χ0) is 34.7. The van der Waals surface area contributed by atoms with Crippen LogP contribution in [0.2, 0.25) is 0 Å². The van der Waals surface area contributed by atoms with Crippen molar-refractivity contribution in [3.05, 3.63) is 60.2 Å². The fourth-order valence-electron chi connectivity index (χ4n) is 8.75. The number of ether oxygens (including phenoxy) is 3.